The number of methoxy groups -OCH3 is 1. The third-order valence-electron chi connectivity index (χ3n) is 6.20. The molecule has 1 heterocycles. The Kier molecular flexibility index (Phi) is 7.81. The van der Waals surface area contributed by atoms with Gasteiger partial charge in [-0.05, 0) is 72.8 Å². The second-order valence-electron chi connectivity index (χ2n) is 9.05. The van der Waals surface area contributed by atoms with Crippen molar-refractivity contribution in [1.82, 2.24) is 14.8 Å². The van der Waals surface area contributed by atoms with E-state index in [9.17, 15) is 31.1 Å². The standard InChI is InChI=1S/C30H20F6N4O3/c1-42-26-5-3-2-4-23(26)24-16-19(8-15-25(24)31)28(41)38-20-9-6-18(7-10-20)27-37-17-40(39-27)21-11-13-22(14-12-21)43-30(35,36)29(32,33)34/h2-17H,1H3,(H,38,41). The molecule has 0 aliphatic carbocycles. The molecule has 220 valence electrons. The number of halogens is 6. The van der Waals surface area contributed by atoms with Crippen LogP contribution in [0, 0.1) is 5.82 Å². The smallest absolute Gasteiger partial charge is 0.496 e. The number of carbonyl (C=O) groups is 1. The lowest BCUT2D eigenvalue weighted by molar-refractivity contribution is -0.360. The zero-order valence-electron chi connectivity index (χ0n) is 22.1. The van der Waals surface area contributed by atoms with Gasteiger partial charge in [0.15, 0.2) is 5.82 Å². The summed E-state index contributed by atoms with van der Waals surface area (Å²) in [6.45, 7) is 0. The Labute approximate surface area is 240 Å². The Morgan fingerprint density at radius 1 is 0.860 bits per heavy atom. The van der Waals surface area contributed by atoms with Gasteiger partial charge in [0, 0.05) is 27.9 Å². The Morgan fingerprint density at radius 2 is 1.56 bits per heavy atom. The molecule has 0 aliphatic heterocycles. The van der Waals surface area contributed by atoms with Gasteiger partial charge in [-0.2, -0.15) is 22.0 Å². The molecule has 5 aromatic rings. The largest absolute Gasteiger partial charge is 0.499 e. The molecule has 0 bridgehead atoms. The first-order valence-electron chi connectivity index (χ1n) is 12.5. The normalized spacial score (nSPS) is 11.7. The third-order valence-corrected chi connectivity index (χ3v) is 6.20. The van der Waals surface area contributed by atoms with E-state index in [2.05, 4.69) is 20.1 Å². The Morgan fingerprint density at radius 3 is 2.23 bits per heavy atom. The zero-order valence-corrected chi connectivity index (χ0v) is 22.1. The lowest BCUT2D eigenvalue weighted by atomic mass is 10.0. The van der Waals surface area contributed by atoms with Crippen molar-refractivity contribution in [1.29, 1.82) is 0 Å². The number of nitrogens with zero attached hydrogens (tertiary/aromatic N) is 3. The lowest BCUT2D eigenvalue weighted by Gasteiger charge is -2.20. The van der Waals surface area contributed by atoms with Crippen LogP contribution in [0.5, 0.6) is 11.5 Å². The van der Waals surface area contributed by atoms with E-state index < -0.39 is 29.8 Å². The van der Waals surface area contributed by atoms with Crippen LogP contribution in [0.4, 0.5) is 32.0 Å². The van der Waals surface area contributed by atoms with E-state index >= 15 is 0 Å². The molecule has 0 fully saturated rings. The van der Waals surface area contributed by atoms with Crippen molar-refractivity contribution >= 4 is 11.6 Å². The number of hydrogen-bond acceptors (Lipinski definition) is 5. The number of aromatic nitrogens is 3. The van der Waals surface area contributed by atoms with Crippen molar-refractivity contribution in [2.45, 2.75) is 12.3 Å². The van der Waals surface area contributed by atoms with Crippen molar-refractivity contribution in [2.75, 3.05) is 12.4 Å². The van der Waals surface area contributed by atoms with E-state index in [-0.39, 0.29) is 17.0 Å². The fourth-order valence-corrected chi connectivity index (χ4v) is 4.04. The molecule has 0 saturated carbocycles. The number of para-hydroxylation sites is 1. The van der Waals surface area contributed by atoms with E-state index in [1.807, 2.05) is 0 Å². The van der Waals surface area contributed by atoms with Gasteiger partial charge in [-0.15, -0.1) is 5.10 Å². The van der Waals surface area contributed by atoms with E-state index in [0.717, 1.165) is 12.1 Å². The highest BCUT2D eigenvalue weighted by molar-refractivity contribution is 6.05. The van der Waals surface area contributed by atoms with Gasteiger partial charge >= 0.3 is 12.3 Å². The van der Waals surface area contributed by atoms with E-state index in [1.54, 1.807) is 48.5 Å². The number of alkyl halides is 5. The Hall–Kier alpha value is -5.33. The summed E-state index contributed by atoms with van der Waals surface area (Å²) in [7, 11) is 1.47. The van der Waals surface area contributed by atoms with Gasteiger partial charge < -0.3 is 14.8 Å². The summed E-state index contributed by atoms with van der Waals surface area (Å²) >= 11 is 0. The quantitative estimate of drug-likeness (QED) is 0.187. The summed E-state index contributed by atoms with van der Waals surface area (Å²) in [5.41, 5.74) is 2.29. The maximum atomic E-state index is 14.6. The summed E-state index contributed by atoms with van der Waals surface area (Å²) < 4.78 is 88.4. The summed E-state index contributed by atoms with van der Waals surface area (Å²) in [6, 6.07) is 21.8. The summed E-state index contributed by atoms with van der Waals surface area (Å²) in [6.07, 6.45) is -9.86. The minimum absolute atomic E-state index is 0.212. The highest BCUT2D eigenvalue weighted by atomic mass is 19.4. The fraction of sp³-hybridized carbons (Fsp3) is 0.100. The molecule has 1 amide bonds. The number of ether oxygens (including phenoxy) is 2. The monoisotopic (exact) mass is 598 g/mol. The summed E-state index contributed by atoms with van der Waals surface area (Å²) in [4.78, 5) is 17.1. The number of hydrogen-bond donors (Lipinski definition) is 1. The van der Waals surface area contributed by atoms with Crippen molar-refractivity contribution in [2.24, 2.45) is 0 Å². The molecule has 43 heavy (non-hydrogen) atoms. The van der Waals surface area contributed by atoms with Crippen molar-refractivity contribution in [3.05, 3.63) is 109 Å². The van der Waals surface area contributed by atoms with Gasteiger partial charge in [0.05, 0.1) is 12.8 Å². The summed E-state index contributed by atoms with van der Waals surface area (Å²) in [5, 5.41) is 7.05. The zero-order chi connectivity index (χ0) is 30.8. The van der Waals surface area contributed by atoms with Crippen LogP contribution < -0.4 is 14.8 Å². The van der Waals surface area contributed by atoms with E-state index in [1.165, 1.54) is 48.5 Å². The minimum atomic E-state index is -5.85. The number of benzene rings is 4. The number of amides is 1. The van der Waals surface area contributed by atoms with Crippen LogP contribution in [0.3, 0.4) is 0 Å². The number of anilines is 1. The molecule has 0 unspecified atom stereocenters. The topological polar surface area (TPSA) is 78.3 Å². The van der Waals surface area contributed by atoms with Crippen molar-refractivity contribution < 1.29 is 40.6 Å². The molecule has 5 rings (SSSR count). The van der Waals surface area contributed by atoms with Gasteiger partial charge in [-0.3, -0.25) is 4.79 Å². The maximum Gasteiger partial charge on any atom is 0.499 e. The average Bonchev–Trinajstić information content (AvgIpc) is 3.48. The van der Waals surface area contributed by atoms with E-state index in [4.69, 9.17) is 4.74 Å². The maximum absolute atomic E-state index is 14.6. The van der Waals surface area contributed by atoms with Crippen LogP contribution >= 0.6 is 0 Å². The number of rotatable bonds is 8. The molecule has 0 radical (unpaired) electrons. The Bertz CT molecular complexity index is 1750. The van der Waals surface area contributed by atoms with E-state index in [0.29, 0.717) is 28.3 Å². The highest BCUT2D eigenvalue weighted by Crippen LogP contribution is 2.37. The first kappa shape index (κ1) is 29.2. The second kappa shape index (κ2) is 11.5. The summed E-state index contributed by atoms with van der Waals surface area (Å²) in [5.74, 6) is -0.916. The average molecular weight is 599 g/mol. The molecular formula is C30H20F6N4O3. The SMILES string of the molecule is COc1ccccc1-c1cc(C(=O)Nc2ccc(-c3ncn(-c4ccc(OC(F)(F)C(F)(F)F)cc4)n3)cc2)ccc1F. The molecule has 7 nitrogen and oxygen atoms in total. The number of carbonyl (C=O) groups excluding carboxylic acids is 1. The van der Waals surface area contributed by atoms with Crippen LogP contribution in [0.15, 0.2) is 97.3 Å². The van der Waals surface area contributed by atoms with Gasteiger partial charge in [-0.25, -0.2) is 14.1 Å². The molecule has 0 aliphatic rings. The first-order chi connectivity index (χ1) is 20.4. The van der Waals surface area contributed by atoms with Crippen molar-refractivity contribution in [3.8, 4) is 39.7 Å². The fourth-order valence-electron chi connectivity index (χ4n) is 4.04. The van der Waals surface area contributed by atoms with Gasteiger partial charge in [0.2, 0.25) is 0 Å². The molecular weight excluding hydrogens is 578 g/mol. The lowest BCUT2D eigenvalue weighted by Crippen LogP contribution is -2.41. The molecule has 0 saturated heterocycles. The van der Waals surface area contributed by atoms with Crippen LogP contribution in [0.2, 0.25) is 0 Å². The van der Waals surface area contributed by atoms with Gasteiger partial charge in [-0.1, -0.05) is 18.2 Å². The predicted octanol–water partition coefficient (Wildman–Crippen LogP) is 7.54. The van der Waals surface area contributed by atoms with Gasteiger partial charge in [0.1, 0.15) is 23.6 Å². The molecule has 0 atom stereocenters. The molecule has 4 aromatic carbocycles. The predicted molar refractivity (Wildman–Crippen MR) is 145 cm³/mol. The van der Waals surface area contributed by atoms with Crippen LogP contribution in [-0.2, 0) is 0 Å². The molecule has 1 N–H and O–H groups in total. The molecule has 0 spiro atoms. The second-order valence-corrected chi connectivity index (χ2v) is 9.05. The first-order valence-corrected chi connectivity index (χ1v) is 12.5. The van der Waals surface area contributed by atoms with Crippen LogP contribution in [0.25, 0.3) is 28.2 Å². The molecule has 1 aromatic heterocycles. The highest BCUT2D eigenvalue weighted by Gasteiger charge is 2.61. The van der Waals surface area contributed by atoms with Crippen molar-refractivity contribution in [3.63, 3.8) is 0 Å². The van der Waals surface area contributed by atoms with Gasteiger partial charge in [0.25, 0.3) is 5.91 Å². The number of nitrogens with one attached hydrogen (secondary N) is 1. The minimum Gasteiger partial charge on any atom is -0.496 e. The Balaban J connectivity index is 1.27. The van der Waals surface area contributed by atoms with Crippen LogP contribution in [0.1, 0.15) is 10.4 Å². The van der Waals surface area contributed by atoms with Crippen LogP contribution in [-0.4, -0.2) is 40.1 Å². The third kappa shape index (κ3) is 6.30. The molecule has 13 heteroatoms.